The standard InChI is InChI=1S/C17H18BrNO2/c1-3-16(12-4-8-14(18)9-5-12)19-15-10-6-13(7-11-15)17(20)21-2/h4-11,16,19H,3H2,1-2H3. The lowest BCUT2D eigenvalue weighted by atomic mass is 10.0. The summed E-state index contributed by atoms with van der Waals surface area (Å²) in [7, 11) is 1.38. The smallest absolute Gasteiger partial charge is 0.337 e. The summed E-state index contributed by atoms with van der Waals surface area (Å²) in [5.41, 5.74) is 2.77. The highest BCUT2D eigenvalue weighted by atomic mass is 79.9. The Morgan fingerprint density at radius 3 is 2.29 bits per heavy atom. The lowest BCUT2D eigenvalue weighted by Crippen LogP contribution is -2.10. The molecule has 2 rings (SSSR count). The maximum atomic E-state index is 11.4. The molecule has 0 amide bonds. The molecule has 2 aromatic rings. The van der Waals surface area contributed by atoms with Crippen molar-refractivity contribution in [2.24, 2.45) is 0 Å². The number of anilines is 1. The molecule has 0 aliphatic rings. The van der Waals surface area contributed by atoms with Gasteiger partial charge in [-0.2, -0.15) is 0 Å². The number of halogens is 1. The van der Waals surface area contributed by atoms with E-state index >= 15 is 0 Å². The predicted molar refractivity (Wildman–Crippen MR) is 88.6 cm³/mol. The van der Waals surface area contributed by atoms with E-state index < -0.39 is 0 Å². The second-order valence-corrected chi connectivity index (χ2v) is 5.64. The van der Waals surface area contributed by atoms with E-state index in [1.54, 1.807) is 12.1 Å². The minimum atomic E-state index is -0.318. The summed E-state index contributed by atoms with van der Waals surface area (Å²) >= 11 is 3.45. The largest absolute Gasteiger partial charge is 0.465 e. The van der Waals surface area contributed by atoms with Crippen LogP contribution in [-0.2, 0) is 4.74 Å². The highest BCUT2D eigenvalue weighted by molar-refractivity contribution is 9.10. The van der Waals surface area contributed by atoms with Crippen molar-refractivity contribution in [3.63, 3.8) is 0 Å². The van der Waals surface area contributed by atoms with Gasteiger partial charge in [0.05, 0.1) is 18.7 Å². The molecule has 0 saturated heterocycles. The van der Waals surface area contributed by atoms with Crippen molar-refractivity contribution in [1.29, 1.82) is 0 Å². The van der Waals surface area contributed by atoms with Crippen LogP contribution in [-0.4, -0.2) is 13.1 Å². The quantitative estimate of drug-likeness (QED) is 0.789. The van der Waals surface area contributed by atoms with Gasteiger partial charge < -0.3 is 10.1 Å². The van der Waals surface area contributed by atoms with Crippen LogP contribution >= 0.6 is 15.9 Å². The second kappa shape index (κ2) is 7.27. The van der Waals surface area contributed by atoms with Gasteiger partial charge in [-0.25, -0.2) is 4.79 Å². The van der Waals surface area contributed by atoms with Gasteiger partial charge >= 0.3 is 5.97 Å². The van der Waals surface area contributed by atoms with Crippen LogP contribution in [0.5, 0.6) is 0 Å². The van der Waals surface area contributed by atoms with Crippen LogP contribution in [0.15, 0.2) is 53.0 Å². The topological polar surface area (TPSA) is 38.3 Å². The highest BCUT2D eigenvalue weighted by Crippen LogP contribution is 2.24. The average Bonchev–Trinajstić information content (AvgIpc) is 2.53. The van der Waals surface area contributed by atoms with Gasteiger partial charge in [0.1, 0.15) is 0 Å². The zero-order valence-electron chi connectivity index (χ0n) is 12.1. The van der Waals surface area contributed by atoms with Crippen molar-refractivity contribution in [3.05, 3.63) is 64.1 Å². The highest BCUT2D eigenvalue weighted by Gasteiger charge is 2.10. The van der Waals surface area contributed by atoms with E-state index in [2.05, 4.69) is 40.3 Å². The van der Waals surface area contributed by atoms with E-state index in [-0.39, 0.29) is 12.0 Å². The van der Waals surface area contributed by atoms with Gasteiger partial charge in [-0.1, -0.05) is 35.0 Å². The van der Waals surface area contributed by atoms with Gasteiger partial charge in [0.25, 0.3) is 0 Å². The Balaban J connectivity index is 2.11. The van der Waals surface area contributed by atoms with Crippen molar-refractivity contribution in [2.45, 2.75) is 19.4 Å². The molecule has 1 N–H and O–H groups in total. The summed E-state index contributed by atoms with van der Waals surface area (Å²) in [4.78, 5) is 11.4. The molecule has 21 heavy (non-hydrogen) atoms. The number of benzene rings is 2. The number of rotatable bonds is 5. The molecule has 0 spiro atoms. The predicted octanol–water partition coefficient (Wildman–Crippen LogP) is 4.80. The fraction of sp³-hybridized carbons (Fsp3) is 0.235. The molecule has 0 bridgehead atoms. The van der Waals surface area contributed by atoms with Crippen LogP contribution in [0.25, 0.3) is 0 Å². The number of carbonyl (C=O) groups is 1. The fourth-order valence-electron chi connectivity index (χ4n) is 2.14. The molecular weight excluding hydrogens is 330 g/mol. The Bertz CT molecular complexity index is 593. The number of nitrogens with one attached hydrogen (secondary N) is 1. The van der Waals surface area contributed by atoms with Crippen LogP contribution in [0.3, 0.4) is 0 Å². The minimum Gasteiger partial charge on any atom is -0.465 e. The van der Waals surface area contributed by atoms with Crippen molar-refractivity contribution < 1.29 is 9.53 Å². The average molecular weight is 348 g/mol. The van der Waals surface area contributed by atoms with E-state index in [1.807, 2.05) is 24.3 Å². The fourth-order valence-corrected chi connectivity index (χ4v) is 2.40. The van der Waals surface area contributed by atoms with Gasteiger partial charge in [-0.15, -0.1) is 0 Å². The SMILES string of the molecule is CCC(Nc1ccc(C(=O)OC)cc1)c1ccc(Br)cc1. The monoisotopic (exact) mass is 347 g/mol. The number of hydrogen-bond donors (Lipinski definition) is 1. The van der Waals surface area contributed by atoms with Crippen LogP contribution < -0.4 is 5.32 Å². The summed E-state index contributed by atoms with van der Waals surface area (Å²) in [5.74, 6) is -0.318. The zero-order chi connectivity index (χ0) is 15.2. The third kappa shape index (κ3) is 4.08. The summed E-state index contributed by atoms with van der Waals surface area (Å²) < 4.78 is 5.77. The van der Waals surface area contributed by atoms with Crippen LogP contribution in [0.4, 0.5) is 5.69 Å². The molecule has 2 aromatic carbocycles. The first-order valence-corrected chi connectivity index (χ1v) is 7.63. The molecular formula is C17H18BrNO2. The summed E-state index contributed by atoms with van der Waals surface area (Å²) in [6, 6.07) is 15.9. The maximum Gasteiger partial charge on any atom is 0.337 e. The van der Waals surface area contributed by atoms with Crippen LogP contribution in [0.1, 0.15) is 35.3 Å². The van der Waals surface area contributed by atoms with Gasteiger partial charge in [-0.05, 0) is 48.4 Å². The van der Waals surface area contributed by atoms with Crippen LogP contribution in [0.2, 0.25) is 0 Å². The first-order chi connectivity index (χ1) is 10.1. The Morgan fingerprint density at radius 2 is 1.76 bits per heavy atom. The molecule has 0 fully saturated rings. The van der Waals surface area contributed by atoms with Gasteiger partial charge in [0.2, 0.25) is 0 Å². The van der Waals surface area contributed by atoms with E-state index in [1.165, 1.54) is 12.7 Å². The van der Waals surface area contributed by atoms with Gasteiger partial charge in [0, 0.05) is 10.2 Å². The molecule has 110 valence electrons. The number of carbonyl (C=O) groups excluding carboxylic acids is 1. The first-order valence-electron chi connectivity index (χ1n) is 6.84. The first kappa shape index (κ1) is 15.6. The molecule has 4 heteroatoms. The second-order valence-electron chi connectivity index (χ2n) is 4.73. The van der Waals surface area contributed by atoms with Crippen molar-refractivity contribution in [1.82, 2.24) is 0 Å². The number of esters is 1. The van der Waals surface area contributed by atoms with Crippen LogP contribution in [0, 0.1) is 0 Å². The zero-order valence-corrected chi connectivity index (χ0v) is 13.7. The van der Waals surface area contributed by atoms with Crippen molar-refractivity contribution >= 4 is 27.6 Å². The summed E-state index contributed by atoms with van der Waals surface area (Å²) in [5, 5.41) is 3.48. The molecule has 0 aromatic heterocycles. The molecule has 0 aliphatic heterocycles. The van der Waals surface area contributed by atoms with E-state index in [9.17, 15) is 4.79 Å². The molecule has 1 atom stereocenters. The Morgan fingerprint density at radius 1 is 1.14 bits per heavy atom. The van der Waals surface area contributed by atoms with Crippen molar-refractivity contribution in [2.75, 3.05) is 12.4 Å². The number of ether oxygens (including phenoxy) is 1. The van der Waals surface area contributed by atoms with Crippen molar-refractivity contribution in [3.8, 4) is 0 Å². The number of methoxy groups -OCH3 is 1. The van der Waals surface area contributed by atoms with Gasteiger partial charge in [0.15, 0.2) is 0 Å². The van der Waals surface area contributed by atoms with E-state index in [4.69, 9.17) is 4.74 Å². The van der Waals surface area contributed by atoms with E-state index in [0.29, 0.717) is 5.56 Å². The Labute approximate surface area is 133 Å². The lowest BCUT2D eigenvalue weighted by Gasteiger charge is -2.19. The maximum absolute atomic E-state index is 11.4. The summed E-state index contributed by atoms with van der Waals surface area (Å²) in [6.45, 7) is 2.14. The third-order valence-corrected chi connectivity index (χ3v) is 3.86. The minimum absolute atomic E-state index is 0.238. The number of hydrogen-bond acceptors (Lipinski definition) is 3. The van der Waals surface area contributed by atoms with Gasteiger partial charge in [-0.3, -0.25) is 0 Å². The van der Waals surface area contributed by atoms with E-state index in [0.717, 1.165) is 16.6 Å². The molecule has 1 unspecified atom stereocenters. The third-order valence-electron chi connectivity index (χ3n) is 3.33. The summed E-state index contributed by atoms with van der Waals surface area (Å²) in [6.07, 6.45) is 0.973. The lowest BCUT2D eigenvalue weighted by molar-refractivity contribution is 0.0601. The molecule has 0 radical (unpaired) electrons. The Kier molecular flexibility index (Phi) is 5.39. The molecule has 0 heterocycles. The normalized spacial score (nSPS) is 11.8. The molecule has 0 aliphatic carbocycles. The molecule has 0 saturated carbocycles. The molecule has 3 nitrogen and oxygen atoms in total. The Hall–Kier alpha value is -1.81.